The van der Waals surface area contributed by atoms with Crippen molar-refractivity contribution in [2.75, 3.05) is 7.05 Å². The second-order valence-corrected chi connectivity index (χ2v) is 4.28. The van der Waals surface area contributed by atoms with Crippen LogP contribution in [0.4, 0.5) is 0 Å². The Labute approximate surface area is 111 Å². The van der Waals surface area contributed by atoms with Gasteiger partial charge >= 0.3 is 0 Å². The summed E-state index contributed by atoms with van der Waals surface area (Å²) in [6.45, 7) is 0.699. The maximum atomic E-state index is 11.2. The Balaban J connectivity index is 2.22. The summed E-state index contributed by atoms with van der Waals surface area (Å²) in [5, 5.41) is 11.5. The molecule has 1 N–H and O–H groups in total. The Morgan fingerprint density at radius 2 is 2.26 bits per heavy atom. The molecule has 0 radical (unpaired) electrons. The SMILES string of the molecule is CNC(=O)CCCn1c(CC#N)nc2ccccc21. The molecule has 0 spiro atoms. The van der Waals surface area contributed by atoms with Crippen LogP contribution < -0.4 is 5.32 Å². The van der Waals surface area contributed by atoms with E-state index in [2.05, 4.69) is 16.4 Å². The molecular formula is C14H16N4O. The largest absolute Gasteiger partial charge is 0.359 e. The molecule has 2 rings (SSSR count). The topological polar surface area (TPSA) is 70.7 Å². The van der Waals surface area contributed by atoms with Crippen molar-refractivity contribution in [1.82, 2.24) is 14.9 Å². The Kier molecular flexibility index (Phi) is 4.14. The van der Waals surface area contributed by atoms with Gasteiger partial charge in [0.1, 0.15) is 5.82 Å². The maximum Gasteiger partial charge on any atom is 0.219 e. The van der Waals surface area contributed by atoms with E-state index in [1.165, 1.54) is 0 Å². The van der Waals surface area contributed by atoms with E-state index in [9.17, 15) is 4.79 Å². The molecule has 0 atom stereocenters. The molecule has 1 aromatic heterocycles. The van der Waals surface area contributed by atoms with Gasteiger partial charge in [0.2, 0.25) is 5.91 Å². The number of aryl methyl sites for hydroxylation is 1. The van der Waals surface area contributed by atoms with E-state index < -0.39 is 0 Å². The molecule has 98 valence electrons. The zero-order valence-corrected chi connectivity index (χ0v) is 10.9. The van der Waals surface area contributed by atoms with Crippen LogP contribution in [0.3, 0.4) is 0 Å². The lowest BCUT2D eigenvalue weighted by molar-refractivity contribution is -0.120. The first-order chi connectivity index (χ1) is 9.26. The van der Waals surface area contributed by atoms with Gasteiger partial charge in [0.25, 0.3) is 0 Å². The van der Waals surface area contributed by atoms with Crippen LogP contribution in [0.1, 0.15) is 18.7 Å². The number of para-hydroxylation sites is 2. The summed E-state index contributed by atoms with van der Waals surface area (Å²) in [4.78, 5) is 15.7. The van der Waals surface area contributed by atoms with E-state index in [0.717, 1.165) is 23.3 Å². The molecule has 5 heteroatoms. The number of nitriles is 1. The number of amides is 1. The number of fused-ring (bicyclic) bond motifs is 1. The third-order valence-electron chi connectivity index (χ3n) is 3.04. The van der Waals surface area contributed by atoms with Gasteiger partial charge in [-0.3, -0.25) is 4.79 Å². The van der Waals surface area contributed by atoms with Crippen molar-refractivity contribution in [2.24, 2.45) is 0 Å². The number of carbonyl (C=O) groups is 1. The Bertz CT molecular complexity index is 624. The van der Waals surface area contributed by atoms with E-state index in [0.29, 0.717) is 13.0 Å². The fourth-order valence-corrected chi connectivity index (χ4v) is 2.10. The van der Waals surface area contributed by atoms with Gasteiger partial charge < -0.3 is 9.88 Å². The highest BCUT2D eigenvalue weighted by Gasteiger charge is 2.10. The Morgan fingerprint density at radius 1 is 1.47 bits per heavy atom. The van der Waals surface area contributed by atoms with E-state index in [1.807, 2.05) is 28.8 Å². The Morgan fingerprint density at radius 3 is 3.00 bits per heavy atom. The number of aromatic nitrogens is 2. The summed E-state index contributed by atoms with van der Waals surface area (Å²) in [5.74, 6) is 0.798. The van der Waals surface area contributed by atoms with Crippen LogP contribution in [0.2, 0.25) is 0 Å². The second-order valence-electron chi connectivity index (χ2n) is 4.28. The monoisotopic (exact) mass is 256 g/mol. The lowest BCUT2D eigenvalue weighted by atomic mass is 10.2. The zero-order valence-electron chi connectivity index (χ0n) is 10.9. The van der Waals surface area contributed by atoms with Crippen molar-refractivity contribution in [1.29, 1.82) is 5.26 Å². The first-order valence-electron chi connectivity index (χ1n) is 6.28. The summed E-state index contributed by atoms with van der Waals surface area (Å²) >= 11 is 0. The van der Waals surface area contributed by atoms with Crippen LogP contribution in [0, 0.1) is 11.3 Å². The number of hydrogen-bond donors (Lipinski definition) is 1. The molecular weight excluding hydrogens is 240 g/mol. The number of carbonyl (C=O) groups excluding carboxylic acids is 1. The van der Waals surface area contributed by atoms with Gasteiger partial charge in [0, 0.05) is 20.0 Å². The average molecular weight is 256 g/mol. The van der Waals surface area contributed by atoms with Crippen LogP contribution in [-0.2, 0) is 17.8 Å². The number of imidazole rings is 1. The first kappa shape index (κ1) is 13.1. The number of rotatable bonds is 5. The van der Waals surface area contributed by atoms with Crippen molar-refractivity contribution < 1.29 is 4.79 Å². The molecule has 1 amide bonds. The minimum Gasteiger partial charge on any atom is -0.359 e. The van der Waals surface area contributed by atoms with Gasteiger partial charge in [-0.15, -0.1) is 0 Å². The van der Waals surface area contributed by atoms with Crippen molar-refractivity contribution >= 4 is 16.9 Å². The molecule has 0 saturated heterocycles. The molecule has 2 aromatic rings. The lowest BCUT2D eigenvalue weighted by Crippen LogP contribution is -2.18. The van der Waals surface area contributed by atoms with Crippen LogP contribution in [0.5, 0.6) is 0 Å². The summed E-state index contributed by atoms with van der Waals surface area (Å²) in [6.07, 6.45) is 1.50. The third-order valence-corrected chi connectivity index (χ3v) is 3.04. The minimum absolute atomic E-state index is 0.0336. The molecule has 0 aliphatic heterocycles. The smallest absolute Gasteiger partial charge is 0.219 e. The van der Waals surface area contributed by atoms with E-state index >= 15 is 0 Å². The highest BCUT2D eigenvalue weighted by atomic mass is 16.1. The predicted octanol–water partition coefficient (Wildman–Crippen LogP) is 1.63. The third kappa shape index (κ3) is 2.91. The molecule has 19 heavy (non-hydrogen) atoms. The van der Waals surface area contributed by atoms with E-state index in [-0.39, 0.29) is 12.3 Å². The van der Waals surface area contributed by atoms with Gasteiger partial charge in [0.15, 0.2) is 0 Å². The standard InChI is InChI=1S/C14H16N4O/c1-16-14(19)7-4-10-18-12-6-3-2-5-11(12)17-13(18)8-9-15/h2-3,5-6H,4,7-8,10H2,1H3,(H,16,19). The molecule has 0 aliphatic rings. The number of hydrogen-bond acceptors (Lipinski definition) is 3. The second kappa shape index (κ2) is 6.01. The van der Waals surface area contributed by atoms with Gasteiger partial charge in [-0.05, 0) is 18.6 Å². The van der Waals surface area contributed by atoms with E-state index in [4.69, 9.17) is 5.26 Å². The summed E-state index contributed by atoms with van der Waals surface area (Å²) < 4.78 is 2.03. The lowest BCUT2D eigenvalue weighted by Gasteiger charge is -2.07. The van der Waals surface area contributed by atoms with E-state index in [1.54, 1.807) is 7.05 Å². The quantitative estimate of drug-likeness (QED) is 0.883. The van der Waals surface area contributed by atoms with Crippen molar-refractivity contribution in [3.05, 3.63) is 30.1 Å². The molecule has 0 bridgehead atoms. The maximum absolute atomic E-state index is 11.2. The van der Waals surface area contributed by atoms with Gasteiger partial charge in [-0.2, -0.15) is 5.26 Å². The molecule has 1 aromatic carbocycles. The fourth-order valence-electron chi connectivity index (χ4n) is 2.10. The van der Waals surface area contributed by atoms with Gasteiger partial charge in [0.05, 0.1) is 23.5 Å². The van der Waals surface area contributed by atoms with Crippen molar-refractivity contribution in [2.45, 2.75) is 25.8 Å². The Hall–Kier alpha value is -2.35. The summed E-state index contributed by atoms with van der Waals surface area (Å²) in [5.41, 5.74) is 1.91. The molecule has 5 nitrogen and oxygen atoms in total. The highest BCUT2D eigenvalue weighted by molar-refractivity contribution is 5.76. The predicted molar refractivity (Wildman–Crippen MR) is 72.4 cm³/mol. The number of nitrogens with one attached hydrogen (secondary N) is 1. The van der Waals surface area contributed by atoms with Crippen LogP contribution in [-0.4, -0.2) is 22.5 Å². The minimum atomic E-state index is 0.0336. The summed E-state index contributed by atoms with van der Waals surface area (Å²) in [7, 11) is 1.63. The van der Waals surface area contributed by atoms with Crippen molar-refractivity contribution in [3.63, 3.8) is 0 Å². The van der Waals surface area contributed by atoms with Crippen molar-refractivity contribution in [3.8, 4) is 6.07 Å². The fraction of sp³-hybridized carbons (Fsp3) is 0.357. The zero-order chi connectivity index (χ0) is 13.7. The van der Waals surface area contributed by atoms with Crippen LogP contribution >= 0.6 is 0 Å². The average Bonchev–Trinajstić information content (AvgIpc) is 2.77. The van der Waals surface area contributed by atoms with Crippen LogP contribution in [0.25, 0.3) is 11.0 Å². The van der Waals surface area contributed by atoms with Gasteiger partial charge in [-0.25, -0.2) is 4.98 Å². The van der Waals surface area contributed by atoms with Gasteiger partial charge in [-0.1, -0.05) is 12.1 Å². The van der Waals surface area contributed by atoms with Crippen LogP contribution in [0.15, 0.2) is 24.3 Å². The first-order valence-corrected chi connectivity index (χ1v) is 6.28. The molecule has 1 heterocycles. The summed E-state index contributed by atoms with van der Waals surface area (Å²) in [6, 6.07) is 9.94. The molecule has 0 fully saturated rings. The number of benzene rings is 1. The number of nitrogens with zero attached hydrogens (tertiary/aromatic N) is 3. The molecule has 0 saturated carbocycles. The highest BCUT2D eigenvalue weighted by Crippen LogP contribution is 2.17. The molecule has 0 aliphatic carbocycles. The normalized spacial score (nSPS) is 10.3. The molecule has 0 unspecified atom stereocenters.